The van der Waals surface area contributed by atoms with Crippen LogP contribution >= 0.6 is 0 Å². The summed E-state index contributed by atoms with van der Waals surface area (Å²) in [6, 6.07) is 0. The zero-order valence-electron chi connectivity index (χ0n) is 17.2. The van der Waals surface area contributed by atoms with E-state index in [2.05, 4.69) is 32.9 Å². The molecular weight excluding hydrogens is 428 g/mol. The van der Waals surface area contributed by atoms with E-state index in [-0.39, 0.29) is 0 Å². The van der Waals surface area contributed by atoms with Gasteiger partial charge in [0, 0.05) is 30.4 Å². The molecule has 0 aromatic carbocycles. The second-order valence-electron chi connectivity index (χ2n) is 5.59. The molecule has 0 saturated carbocycles. The van der Waals surface area contributed by atoms with Crippen molar-refractivity contribution in [1.82, 2.24) is 0 Å². The van der Waals surface area contributed by atoms with Crippen LogP contribution in [-0.4, -0.2) is 72.6 Å². The number of hydrogen-bond acceptors (Lipinski definition) is 11. The zero-order valence-corrected chi connectivity index (χ0v) is 17.2. The van der Waals surface area contributed by atoms with Crippen molar-refractivity contribution in [2.75, 3.05) is 13.2 Å². The van der Waals surface area contributed by atoms with Crippen LogP contribution in [-0.2, 0) is 47.7 Å². The fourth-order valence-corrected chi connectivity index (χ4v) is 2.10. The zero-order chi connectivity index (χ0) is 24.7. The van der Waals surface area contributed by atoms with Crippen LogP contribution in [0.25, 0.3) is 0 Å². The number of ether oxygens (including phenoxy) is 5. The Balaban J connectivity index is 6.43. The van der Waals surface area contributed by atoms with Crippen molar-refractivity contribution in [3.8, 4) is 0 Å². The minimum Gasteiger partial charge on any atom is -0.458 e. The van der Waals surface area contributed by atoms with Crippen molar-refractivity contribution < 1.29 is 52.8 Å². The first kappa shape index (κ1) is 28.0. The summed E-state index contributed by atoms with van der Waals surface area (Å²) in [5.41, 5.74) is 0. The lowest BCUT2D eigenvalue weighted by Crippen LogP contribution is -2.54. The fourth-order valence-electron chi connectivity index (χ4n) is 2.10. The van der Waals surface area contributed by atoms with Gasteiger partial charge < -0.3 is 28.8 Å². The predicted molar refractivity (Wildman–Crippen MR) is 109 cm³/mol. The normalized spacial score (nSPS) is 13.5. The van der Waals surface area contributed by atoms with Crippen LogP contribution in [0.15, 0.2) is 63.3 Å². The van der Waals surface area contributed by atoms with E-state index < -0.39 is 67.5 Å². The summed E-state index contributed by atoms with van der Waals surface area (Å²) >= 11 is 0. The van der Waals surface area contributed by atoms with Crippen molar-refractivity contribution in [3.05, 3.63) is 63.3 Å². The molecule has 174 valence electrons. The number of aliphatic hydroxyl groups excluding tert-OH is 1. The number of hydrogen-bond donors (Lipinski definition) is 1. The monoisotopic (exact) mass is 452 g/mol. The predicted octanol–water partition coefficient (Wildman–Crippen LogP) is 0.0991. The molecule has 4 atom stereocenters. The van der Waals surface area contributed by atoms with E-state index in [0.29, 0.717) is 0 Å². The third-order valence-electron chi connectivity index (χ3n) is 3.50. The number of rotatable bonds is 15. The van der Waals surface area contributed by atoms with Crippen LogP contribution < -0.4 is 0 Å². The highest BCUT2D eigenvalue weighted by Crippen LogP contribution is 2.20. The van der Waals surface area contributed by atoms with Gasteiger partial charge in [-0.3, -0.25) is 0 Å². The van der Waals surface area contributed by atoms with Crippen LogP contribution in [0.3, 0.4) is 0 Å². The molecule has 0 amide bonds. The largest absolute Gasteiger partial charge is 0.458 e. The first-order chi connectivity index (χ1) is 15.2. The van der Waals surface area contributed by atoms with Crippen LogP contribution in [0.5, 0.6) is 0 Å². The van der Waals surface area contributed by atoms with Crippen LogP contribution in [0, 0.1) is 0 Å². The summed E-state index contributed by atoms with van der Waals surface area (Å²) in [6.07, 6.45) is -2.95. The molecule has 0 aromatic heterocycles. The molecule has 11 nitrogen and oxygen atoms in total. The average molecular weight is 452 g/mol. The van der Waals surface area contributed by atoms with E-state index in [1.807, 2.05) is 0 Å². The minimum absolute atomic E-state index is 0.713. The SMILES string of the molecule is C=CC(=O)OCC(OC(=O)C=C)C(OC(=O)C=C)C(OC(=O)C=C)C(CO)OC(=O)C=C. The standard InChI is InChI=1S/C21H24O11/c1-6-15(23)28-12-14(30-17(25)8-3)21(32-19(27)10-5)20(31-18(26)9-4)13(11-22)29-16(24)7-2/h6-10,13-14,20-22H,1-5,11-12H2. The molecule has 0 bridgehead atoms. The quantitative estimate of drug-likeness (QED) is 0.204. The van der Waals surface area contributed by atoms with Gasteiger partial charge in [-0.1, -0.05) is 32.9 Å². The lowest BCUT2D eigenvalue weighted by Gasteiger charge is -2.34. The number of aliphatic hydroxyl groups is 1. The molecule has 0 aromatic rings. The Hall–Kier alpha value is -3.99. The highest BCUT2D eigenvalue weighted by molar-refractivity contribution is 5.84. The Morgan fingerprint density at radius 2 is 0.938 bits per heavy atom. The number of carbonyl (C=O) groups is 5. The van der Waals surface area contributed by atoms with Gasteiger partial charge in [-0.2, -0.15) is 0 Å². The van der Waals surface area contributed by atoms with Crippen LogP contribution in [0.1, 0.15) is 0 Å². The van der Waals surface area contributed by atoms with Crippen molar-refractivity contribution in [3.63, 3.8) is 0 Å². The summed E-state index contributed by atoms with van der Waals surface area (Å²) in [5.74, 6) is -5.11. The van der Waals surface area contributed by atoms with E-state index in [0.717, 1.165) is 30.4 Å². The van der Waals surface area contributed by atoms with Crippen molar-refractivity contribution in [1.29, 1.82) is 0 Å². The third kappa shape index (κ3) is 9.67. The summed E-state index contributed by atoms with van der Waals surface area (Å²) in [4.78, 5) is 58.9. The highest BCUT2D eigenvalue weighted by atomic mass is 16.6. The van der Waals surface area contributed by atoms with Gasteiger partial charge >= 0.3 is 29.8 Å². The maximum atomic E-state index is 12.0. The molecule has 0 radical (unpaired) electrons. The van der Waals surface area contributed by atoms with Crippen molar-refractivity contribution >= 4 is 29.8 Å². The van der Waals surface area contributed by atoms with Gasteiger partial charge in [-0.15, -0.1) is 0 Å². The second kappa shape index (κ2) is 14.9. The van der Waals surface area contributed by atoms with E-state index >= 15 is 0 Å². The van der Waals surface area contributed by atoms with Gasteiger partial charge in [-0.05, 0) is 0 Å². The van der Waals surface area contributed by atoms with E-state index in [9.17, 15) is 29.1 Å². The molecule has 11 heteroatoms. The van der Waals surface area contributed by atoms with Gasteiger partial charge in [0.2, 0.25) is 0 Å². The Morgan fingerprint density at radius 1 is 0.594 bits per heavy atom. The fraction of sp³-hybridized carbons (Fsp3) is 0.286. The molecule has 0 aliphatic heterocycles. The molecular formula is C21H24O11. The molecule has 4 unspecified atom stereocenters. The van der Waals surface area contributed by atoms with Gasteiger partial charge in [0.15, 0.2) is 24.4 Å². The minimum atomic E-state index is -1.76. The molecule has 0 heterocycles. The topological polar surface area (TPSA) is 152 Å². The Bertz CT molecular complexity index is 768. The lowest BCUT2D eigenvalue weighted by molar-refractivity contribution is -0.201. The molecule has 1 N–H and O–H groups in total. The number of carbonyl (C=O) groups excluding carboxylic acids is 5. The maximum Gasteiger partial charge on any atom is 0.330 e. The Morgan fingerprint density at radius 3 is 1.31 bits per heavy atom. The molecule has 32 heavy (non-hydrogen) atoms. The number of esters is 5. The molecule has 0 aliphatic rings. The van der Waals surface area contributed by atoms with E-state index in [1.165, 1.54) is 0 Å². The lowest BCUT2D eigenvalue weighted by atomic mass is 10.0. The van der Waals surface area contributed by atoms with E-state index in [4.69, 9.17) is 23.7 Å². The van der Waals surface area contributed by atoms with Gasteiger partial charge in [0.05, 0.1) is 6.61 Å². The van der Waals surface area contributed by atoms with Crippen molar-refractivity contribution in [2.24, 2.45) is 0 Å². The van der Waals surface area contributed by atoms with Gasteiger partial charge in [0.1, 0.15) is 6.61 Å². The Kier molecular flexibility index (Phi) is 13.0. The maximum absolute atomic E-state index is 12.0. The van der Waals surface area contributed by atoms with Crippen LogP contribution in [0.2, 0.25) is 0 Å². The Labute approximate surface area is 184 Å². The molecule has 0 saturated heterocycles. The summed E-state index contributed by atoms with van der Waals surface area (Å²) in [7, 11) is 0. The summed E-state index contributed by atoms with van der Waals surface area (Å²) in [6.45, 7) is 14.5. The third-order valence-corrected chi connectivity index (χ3v) is 3.50. The van der Waals surface area contributed by atoms with Crippen molar-refractivity contribution in [2.45, 2.75) is 24.4 Å². The average Bonchev–Trinajstić information content (AvgIpc) is 2.81. The van der Waals surface area contributed by atoms with Crippen LogP contribution in [0.4, 0.5) is 0 Å². The smallest absolute Gasteiger partial charge is 0.330 e. The summed E-state index contributed by atoms with van der Waals surface area (Å²) in [5, 5.41) is 9.72. The van der Waals surface area contributed by atoms with E-state index in [1.54, 1.807) is 0 Å². The first-order valence-corrected chi connectivity index (χ1v) is 8.89. The molecule has 0 spiro atoms. The van der Waals surface area contributed by atoms with Gasteiger partial charge in [-0.25, -0.2) is 24.0 Å². The summed E-state index contributed by atoms with van der Waals surface area (Å²) < 4.78 is 25.2. The molecule has 0 aliphatic carbocycles. The first-order valence-electron chi connectivity index (χ1n) is 8.89. The second-order valence-corrected chi connectivity index (χ2v) is 5.59. The molecule has 0 fully saturated rings. The highest BCUT2D eigenvalue weighted by Gasteiger charge is 2.44. The molecule has 0 rings (SSSR count). The van der Waals surface area contributed by atoms with Gasteiger partial charge in [0.25, 0.3) is 0 Å².